The van der Waals surface area contributed by atoms with Crippen molar-refractivity contribution >= 4 is 5.95 Å². The molecule has 15 heavy (non-hydrogen) atoms. The van der Waals surface area contributed by atoms with Crippen molar-refractivity contribution in [1.29, 1.82) is 0 Å². The predicted octanol–water partition coefficient (Wildman–Crippen LogP) is 1.02. The molecule has 0 amide bonds. The molecule has 82 valence electrons. The summed E-state index contributed by atoms with van der Waals surface area (Å²) >= 11 is 0. The number of aromatic nitrogens is 2. The number of rotatable bonds is 3. The third-order valence-electron chi connectivity index (χ3n) is 3.47. The van der Waals surface area contributed by atoms with Crippen LogP contribution in [0.5, 0.6) is 0 Å². The highest BCUT2D eigenvalue weighted by Gasteiger charge is 2.30. The molecule has 3 rings (SSSR count). The molecule has 1 aliphatic heterocycles. The first-order valence-corrected chi connectivity index (χ1v) is 5.83. The molecule has 1 unspecified atom stereocenters. The first kappa shape index (κ1) is 9.21. The smallest absolute Gasteiger partial charge is 0.205 e. The predicted molar refractivity (Wildman–Crippen MR) is 60.2 cm³/mol. The molecular weight excluding hydrogens is 188 g/mol. The SMILES string of the molecule is CNC1CCN(c2nccn2C2CC2)C1. The standard InChI is InChI=1S/C11H18N4/c1-12-9-4-6-14(8-9)11-13-5-7-15(11)10-2-3-10/h5,7,9-10,12H,2-4,6,8H2,1H3. The summed E-state index contributed by atoms with van der Waals surface area (Å²) < 4.78 is 2.35. The molecule has 1 aromatic rings. The second-order valence-corrected chi connectivity index (χ2v) is 4.59. The first-order valence-electron chi connectivity index (χ1n) is 5.83. The lowest BCUT2D eigenvalue weighted by molar-refractivity contribution is 0.614. The number of hydrogen-bond donors (Lipinski definition) is 1. The van der Waals surface area contributed by atoms with E-state index >= 15 is 0 Å². The van der Waals surface area contributed by atoms with Crippen LogP contribution in [0.15, 0.2) is 12.4 Å². The van der Waals surface area contributed by atoms with E-state index in [0.29, 0.717) is 6.04 Å². The molecule has 0 radical (unpaired) electrons. The van der Waals surface area contributed by atoms with Crippen LogP contribution in [0.1, 0.15) is 25.3 Å². The fourth-order valence-electron chi connectivity index (χ4n) is 2.37. The summed E-state index contributed by atoms with van der Waals surface area (Å²) in [4.78, 5) is 6.89. The molecule has 1 saturated heterocycles. The van der Waals surface area contributed by atoms with Gasteiger partial charge in [-0.3, -0.25) is 0 Å². The molecule has 0 aromatic carbocycles. The number of likely N-dealkylation sites (N-methyl/N-ethyl adjacent to an activating group) is 1. The molecule has 2 fully saturated rings. The van der Waals surface area contributed by atoms with E-state index in [1.165, 1.54) is 25.2 Å². The summed E-state index contributed by atoms with van der Waals surface area (Å²) in [6, 6.07) is 1.37. The molecule has 4 heteroatoms. The zero-order valence-electron chi connectivity index (χ0n) is 9.19. The summed E-state index contributed by atoms with van der Waals surface area (Å²) in [6.07, 6.45) is 7.94. The van der Waals surface area contributed by atoms with Gasteiger partial charge in [-0.2, -0.15) is 0 Å². The van der Waals surface area contributed by atoms with E-state index in [4.69, 9.17) is 0 Å². The number of nitrogens with one attached hydrogen (secondary N) is 1. The number of anilines is 1. The average molecular weight is 206 g/mol. The van der Waals surface area contributed by atoms with Gasteiger partial charge in [-0.25, -0.2) is 4.98 Å². The molecule has 1 aromatic heterocycles. The van der Waals surface area contributed by atoms with Crippen LogP contribution in [0.25, 0.3) is 0 Å². The van der Waals surface area contributed by atoms with Crippen LogP contribution in [-0.4, -0.2) is 35.7 Å². The van der Waals surface area contributed by atoms with Crippen molar-refractivity contribution < 1.29 is 0 Å². The highest BCUT2D eigenvalue weighted by molar-refractivity contribution is 5.35. The Morgan fingerprint density at radius 2 is 2.27 bits per heavy atom. The van der Waals surface area contributed by atoms with Gasteiger partial charge >= 0.3 is 0 Å². The molecule has 1 N–H and O–H groups in total. The van der Waals surface area contributed by atoms with Crippen LogP contribution in [0.2, 0.25) is 0 Å². The molecule has 0 bridgehead atoms. The van der Waals surface area contributed by atoms with Crippen molar-refractivity contribution in [2.75, 3.05) is 25.0 Å². The normalized spacial score (nSPS) is 26.2. The lowest BCUT2D eigenvalue weighted by atomic mass is 10.3. The van der Waals surface area contributed by atoms with Crippen LogP contribution in [-0.2, 0) is 0 Å². The molecule has 1 saturated carbocycles. The van der Waals surface area contributed by atoms with E-state index in [-0.39, 0.29) is 0 Å². The van der Waals surface area contributed by atoms with Gasteiger partial charge in [0.05, 0.1) is 0 Å². The average Bonchev–Trinajstić information content (AvgIpc) is 2.83. The largest absolute Gasteiger partial charge is 0.341 e. The first-order chi connectivity index (χ1) is 7.38. The van der Waals surface area contributed by atoms with E-state index in [1.807, 2.05) is 13.2 Å². The topological polar surface area (TPSA) is 33.1 Å². The summed E-state index contributed by atoms with van der Waals surface area (Å²) in [5.41, 5.74) is 0. The lowest BCUT2D eigenvalue weighted by Gasteiger charge is -2.18. The second kappa shape index (κ2) is 3.52. The fourth-order valence-corrected chi connectivity index (χ4v) is 2.37. The van der Waals surface area contributed by atoms with Gasteiger partial charge in [0.1, 0.15) is 0 Å². The fraction of sp³-hybridized carbons (Fsp3) is 0.727. The minimum atomic E-state index is 0.634. The third-order valence-corrected chi connectivity index (χ3v) is 3.47. The monoisotopic (exact) mass is 206 g/mol. The van der Waals surface area contributed by atoms with Crippen LogP contribution in [0, 0.1) is 0 Å². The maximum absolute atomic E-state index is 4.49. The Kier molecular flexibility index (Phi) is 2.16. The van der Waals surface area contributed by atoms with E-state index < -0.39 is 0 Å². The Morgan fingerprint density at radius 3 is 2.93 bits per heavy atom. The van der Waals surface area contributed by atoms with Gasteiger partial charge in [0.25, 0.3) is 0 Å². The summed E-state index contributed by atoms with van der Waals surface area (Å²) in [5.74, 6) is 1.18. The second-order valence-electron chi connectivity index (χ2n) is 4.59. The van der Waals surface area contributed by atoms with Crippen LogP contribution in [0.4, 0.5) is 5.95 Å². The van der Waals surface area contributed by atoms with E-state index in [9.17, 15) is 0 Å². The van der Waals surface area contributed by atoms with Crippen molar-refractivity contribution in [3.8, 4) is 0 Å². The summed E-state index contributed by atoms with van der Waals surface area (Å²) in [5, 5.41) is 3.34. The Hall–Kier alpha value is -1.03. The molecule has 0 spiro atoms. The lowest BCUT2D eigenvalue weighted by Crippen LogP contribution is -2.30. The highest BCUT2D eigenvalue weighted by Crippen LogP contribution is 2.38. The Morgan fingerprint density at radius 1 is 1.40 bits per heavy atom. The van der Waals surface area contributed by atoms with Crippen LogP contribution >= 0.6 is 0 Å². The van der Waals surface area contributed by atoms with Gasteiger partial charge in [-0.1, -0.05) is 0 Å². The maximum Gasteiger partial charge on any atom is 0.205 e. The number of nitrogens with zero attached hydrogens (tertiary/aromatic N) is 3. The Bertz CT molecular complexity index is 342. The maximum atomic E-state index is 4.49. The van der Waals surface area contributed by atoms with Crippen molar-refractivity contribution in [3.05, 3.63) is 12.4 Å². The molecule has 1 atom stereocenters. The van der Waals surface area contributed by atoms with Crippen LogP contribution in [0.3, 0.4) is 0 Å². The van der Waals surface area contributed by atoms with Gasteiger partial charge in [-0.05, 0) is 26.3 Å². The van der Waals surface area contributed by atoms with Crippen molar-refractivity contribution in [2.45, 2.75) is 31.3 Å². The molecule has 2 aliphatic rings. The zero-order chi connectivity index (χ0) is 10.3. The van der Waals surface area contributed by atoms with E-state index in [2.05, 4.69) is 26.0 Å². The van der Waals surface area contributed by atoms with Crippen molar-refractivity contribution in [1.82, 2.24) is 14.9 Å². The van der Waals surface area contributed by atoms with Crippen LogP contribution < -0.4 is 10.2 Å². The summed E-state index contributed by atoms with van der Waals surface area (Å²) in [6.45, 7) is 2.23. The van der Waals surface area contributed by atoms with Gasteiger partial charge in [0.2, 0.25) is 5.95 Å². The molecule has 2 heterocycles. The third kappa shape index (κ3) is 1.63. The molecular formula is C11H18N4. The van der Waals surface area contributed by atoms with E-state index in [0.717, 1.165) is 19.1 Å². The van der Waals surface area contributed by atoms with Gasteiger partial charge in [-0.15, -0.1) is 0 Å². The van der Waals surface area contributed by atoms with Crippen molar-refractivity contribution in [2.24, 2.45) is 0 Å². The highest BCUT2D eigenvalue weighted by atomic mass is 15.3. The zero-order valence-corrected chi connectivity index (χ0v) is 9.19. The minimum absolute atomic E-state index is 0.634. The summed E-state index contributed by atoms with van der Waals surface area (Å²) in [7, 11) is 2.04. The van der Waals surface area contributed by atoms with Crippen molar-refractivity contribution in [3.63, 3.8) is 0 Å². The molecule has 1 aliphatic carbocycles. The Labute approximate surface area is 90.3 Å². The minimum Gasteiger partial charge on any atom is -0.341 e. The van der Waals surface area contributed by atoms with Gasteiger partial charge < -0.3 is 14.8 Å². The van der Waals surface area contributed by atoms with Gasteiger partial charge in [0.15, 0.2) is 0 Å². The van der Waals surface area contributed by atoms with E-state index in [1.54, 1.807) is 0 Å². The number of imidazole rings is 1. The Balaban J connectivity index is 1.78. The molecule has 4 nitrogen and oxygen atoms in total. The van der Waals surface area contributed by atoms with Gasteiger partial charge in [0, 0.05) is 37.6 Å². The number of hydrogen-bond acceptors (Lipinski definition) is 3. The quantitative estimate of drug-likeness (QED) is 0.801.